The van der Waals surface area contributed by atoms with Gasteiger partial charge >= 0.3 is 0 Å². The number of nitrogens with zero attached hydrogens (tertiary/aromatic N) is 1. The van der Waals surface area contributed by atoms with Gasteiger partial charge in [0, 0.05) is 22.4 Å². The molecule has 7 aromatic rings. The lowest BCUT2D eigenvalue weighted by Gasteiger charge is -2.61. The first-order valence-electron chi connectivity index (χ1n) is 19.0. The van der Waals surface area contributed by atoms with Crippen molar-refractivity contribution in [3.63, 3.8) is 0 Å². The summed E-state index contributed by atoms with van der Waals surface area (Å²) in [5, 5.41) is 2.53. The molecule has 51 heavy (non-hydrogen) atoms. The van der Waals surface area contributed by atoms with Gasteiger partial charge in [-0.05, 0) is 142 Å². The molecule has 4 fully saturated rings. The van der Waals surface area contributed by atoms with Crippen molar-refractivity contribution in [1.29, 1.82) is 0 Å². The Balaban J connectivity index is 1.15. The molecular weight excluding hydrogens is 615 g/mol. The molecule has 7 aromatic carbocycles. The van der Waals surface area contributed by atoms with E-state index in [9.17, 15) is 0 Å². The van der Waals surface area contributed by atoms with E-state index in [4.69, 9.17) is 0 Å². The van der Waals surface area contributed by atoms with Gasteiger partial charge in [-0.1, -0.05) is 127 Å². The molecule has 5 aliphatic rings. The Morgan fingerprint density at radius 2 is 1.00 bits per heavy atom. The van der Waals surface area contributed by atoms with E-state index in [2.05, 4.69) is 169 Å². The second kappa shape index (κ2) is 11.3. The van der Waals surface area contributed by atoms with Crippen molar-refractivity contribution in [2.24, 2.45) is 23.7 Å². The zero-order valence-corrected chi connectivity index (χ0v) is 28.9. The number of rotatable bonds is 5. The fraction of sp³-hybridized carbons (Fsp3) is 0.200. The topological polar surface area (TPSA) is 3.24 Å². The molecule has 4 bridgehead atoms. The van der Waals surface area contributed by atoms with Crippen molar-refractivity contribution in [3.05, 3.63) is 175 Å². The number of benzene rings is 7. The Labute approximate surface area is 301 Å². The Hall–Kier alpha value is -5.40. The molecule has 0 saturated heterocycles. The van der Waals surface area contributed by atoms with Crippen LogP contribution < -0.4 is 4.90 Å². The van der Waals surface area contributed by atoms with E-state index in [0.29, 0.717) is 11.8 Å². The molecule has 0 aromatic heterocycles. The Bertz CT molecular complexity index is 2400. The minimum atomic E-state index is 0.0745. The van der Waals surface area contributed by atoms with Crippen molar-refractivity contribution < 1.29 is 0 Å². The van der Waals surface area contributed by atoms with Crippen molar-refractivity contribution in [2.75, 3.05) is 4.90 Å². The Kier molecular flexibility index (Phi) is 6.50. The third-order valence-corrected chi connectivity index (χ3v) is 13.2. The van der Waals surface area contributed by atoms with E-state index in [-0.39, 0.29) is 5.41 Å². The molecule has 0 N–H and O–H groups in total. The predicted octanol–water partition coefficient (Wildman–Crippen LogP) is 13.4. The molecule has 0 amide bonds. The quantitative estimate of drug-likeness (QED) is 0.178. The van der Waals surface area contributed by atoms with Gasteiger partial charge in [0.05, 0.1) is 5.69 Å². The molecule has 12 rings (SSSR count). The maximum atomic E-state index is 2.62. The molecule has 0 unspecified atom stereocenters. The van der Waals surface area contributed by atoms with E-state index in [1.165, 1.54) is 93.3 Å². The minimum Gasteiger partial charge on any atom is -0.310 e. The van der Waals surface area contributed by atoms with Crippen LogP contribution in [0, 0.1) is 23.7 Å². The standard InChI is InChI=1S/C50H41N/c1-3-10-35(11-4-1)38-18-22-43(23-19-38)51(44-24-20-37-14-7-8-15-39(37)31-44)48-17-9-16-46-49(48)45-25-21-40(36-12-5-2-6-13-36)32-47(45)50(46)41-27-33-26-34(29-41)30-42(50)28-33/h1-25,31-34,41-42H,26-30H2. The van der Waals surface area contributed by atoms with Crippen LogP contribution in [-0.4, -0.2) is 0 Å². The zero-order valence-electron chi connectivity index (χ0n) is 28.9. The van der Waals surface area contributed by atoms with Crippen LogP contribution >= 0.6 is 0 Å². The van der Waals surface area contributed by atoms with Gasteiger partial charge in [0.25, 0.3) is 0 Å². The first-order valence-corrected chi connectivity index (χ1v) is 19.0. The summed E-state index contributed by atoms with van der Waals surface area (Å²) in [5.41, 5.74) is 15.0. The second-order valence-electron chi connectivity index (χ2n) is 15.8. The summed E-state index contributed by atoms with van der Waals surface area (Å²) in [6.07, 6.45) is 6.96. The number of fused-ring (bicyclic) bond motifs is 4. The molecule has 0 radical (unpaired) electrons. The highest BCUT2D eigenvalue weighted by molar-refractivity contribution is 5.98. The minimum absolute atomic E-state index is 0.0745. The average Bonchev–Trinajstić information content (AvgIpc) is 3.48. The van der Waals surface area contributed by atoms with Gasteiger partial charge in [0.15, 0.2) is 0 Å². The van der Waals surface area contributed by atoms with Crippen LogP contribution in [0.25, 0.3) is 44.2 Å². The van der Waals surface area contributed by atoms with Gasteiger partial charge in [-0.3, -0.25) is 0 Å². The Morgan fingerprint density at radius 1 is 0.412 bits per heavy atom. The van der Waals surface area contributed by atoms with Gasteiger partial charge in [0.1, 0.15) is 0 Å². The molecule has 5 aliphatic carbocycles. The van der Waals surface area contributed by atoms with E-state index in [0.717, 1.165) is 11.8 Å². The van der Waals surface area contributed by atoms with Gasteiger partial charge in [0.2, 0.25) is 0 Å². The maximum Gasteiger partial charge on any atom is 0.0543 e. The predicted molar refractivity (Wildman–Crippen MR) is 213 cm³/mol. The van der Waals surface area contributed by atoms with Crippen LogP contribution in [0.15, 0.2) is 164 Å². The smallest absolute Gasteiger partial charge is 0.0543 e. The lowest BCUT2D eigenvalue weighted by molar-refractivity contribution is -0.0399. The number of hydrogen-bond donors (Lipinski definition) is 0. The molecule has 1 heteroatoms. The third-order valence-electron chi connectivity index (χ3n) is 13.2. The van der Waals surface area contributed by atoms with Crippen LogP contribution in [0.2, 0.25) is 0 Å². The van der Waals surface area contributed by atoms with Crippen LogP contribution in [0.3, 0.4) is 0 Å². The van der Waals surface area contributed by atoms with Gasteiger partial charge in [-0.2, -0.15) is 0 Å². The summed E-state index contributed by atoms with van der Waals surface area (Å²) in [5.74, 6) is 3.22. The molecule has 0 atom stereocenters. The summed E-state index contributed by atoms with van der Waals surface area (Å²) in [6.45, 7) is 0. The Morgan fingerprint density at radius 3 is 1.71 bits per heavy atom. The van der Waals surface area contributed by atoms with Gasteiger partial charge in [-0.25, -0.2) is 0 Å². The van der Waals surface area contributed by atoms with E-state index >= 15 is 0 Å². The highest BCUT2D eigenvalue weighted by Crippen LogP contribution is 2.70. The first-order chi connectivity index (χ1) is 25.2. The zero-order chi connectivity index (χ0) is 33.5. The lowest BCUT2D eigenvalue weighted by atomic mass is 9.43. The van der Waals surface area contributed by atoms with Crippen LogP contribution in [0.5, 0.6) is 0 Å². The van der Waals surface area contributed by atoms with Crippen molar-refractivity contribution >= 4 is 27.8 Å². The molecule has 246 valence electrons. The summed E-state index contributed by atoms with van der Waals surface area (Å²) >= 11 is 0. The molecular formula is C50H41N. The van der Waals surface area contributed by atoms with Crippen LogP contribution in [0.1, 0.15) is 43.2 Å². The molecule has 4 saturated carbocycles. The second-order valence-corrected chi connectivity index (χ2v) is 15.8. The van der Waals surface area contributed by atoms with Crippen molar-refractivity contribution in [3.8, 4) is 33.4 Å². The van der Waals surface area contributed by atoms with Crippen LogP contribution in [-0.2, 0) is 5.41 Å². The highest BCUT2D eigenvalue weighted by Gasteiger charge is 2.62. The summed E-state index contributed by atoms with van der Waals surface area (Å²) in [6, 6.07) is 61.5. The monoisotopic (exact) mass is 655 g/mol. The molecule has 1 nitrogen and oxygen atoms in total. The average molecular weight is 656 g/mol. The van der Waals surface area contributed by atoms with Gasteiger partial charge in [-0.15, -0.1) is 0 Å². The van der Waals surface area contributed by atoms with Crippen molar-refractivity contribution in [1.82, 2.24) is 0 Å². The fourth-order valence-corrected chi connectivity index (χ4v) is 11.4. The molecule has 0 aliphatic heterocycles. The van der Waals surface area contributed by atoms with Gasteiger partial charge < -0.3 is 4.90 Å². The van der Waals surface area contributed by atoms with E-state index in [1.54, 1.807) is 11.1 Å². The van der Waals surface area contributed by atoms with Crippen LogP contribution in [0.4, 0.5) is 17.1 Å². The molecule has 0 heterocycles. The third kappa shape index (κ3) is 4.40. The normalized spacial score (nSPS) is 23.8. The summed E-state index contributed by atoms with van der Waals surface area (Å²) in [7, 11) is 0. The number of anilines is 3. The molecule has 1 spiro atoms. The van der Waals surface area contributed by atoms with E-state index < -0.39 is 0 Å². The summed E-state index contributed by atoms with van der Waals surface area (Å²) in [4.78, 5) is 2.55. The summed E-state index contributed by atoms with van der Waals surface area (Å²) < 4.78 is 0. The SMILES string of the molecule is c1ccc(-c2ccc(N(c3ccc4ccccc4c3)c3cccc4c3-c3ccc(-c5ccccc5)cc3C43C4CC5CC(C4)CC3C5)cc2)cc1. The lowest BCUT2D eigenvalue weighted by Crippen LogP contribution is -2.55. The number of hydrogen-bond acceptors (Lipinski definition) is 1. The largest absolute Gasteiger partial charge is 0.310 e. The first kappa shape index (κ1) is 29.3. The van der Waals surface area contributed by atoms with E-state index in [1.807, 2.05) is 0 Å². The fourth-order valence-electron chi connectivity index (χ4n) is 11.4. The highest BCUT2D eigenvalue weighted by atomic mass is 15.1. The maximum absolute atomic E-state index is 2.62. The van der Waals surface area contributed by atoms with Crippen molar-refractivity contribution in [2.45, 2.75) is 37.5 Å².